The monoisotopic (exact) mass is 235 g/mol. The highest BCUT2D eigenvalue weighted by atomic mass is 16.6. The first-order valence-electron chi connectivity index (χ1n) is 5.88. The molecule has 0 aliphatic carbocycles. The fourth-order valence-corrected chi connectivity index (χ4v) is 1.50. The van der Waals surface area contributed by atoms with E-state index in [2.05, 4.69) is 5.32 Å². The van der Waals surface area contributed by atoms with Crippen molar-refractivity contribution < 1.29 is 14.3 Å². The van der Waals surface area contributed by atoms with Crippen LogP contribution in [0.1, 0.15) is 12.5 Å². The Kier molecular flexibility index (Phi) is 3.98. The summed E-state index contributed by atoms with van der Waals surface area (Å²) in [4.78, 5) is 11.4. The molecule has 0 bridgehead atoms. The molecule has 17 heavy (non-hydrogen) atoms. The van der Waals surface area contributed by atoms with E-state index < -0.39 is 0 Å². The second kappa shape index (κ2) is 5.68. The maximum absolute atomic E-state index is 11.4. The van der Waals surface area contributed by atoms with Crippen molar-refractivity contribution >= 4 is 5.91 Å². The maximum Gasteiger partial charge on any atom is 0.224 e. The summed E-state index contributed by atoms with van der Waals surface area (Å²) in [6.07, 6.45) is 0.685. The molecule has 4 heteroatoms. The molecule has 92 valence electrons. The average Bonchev–Trinajstić information content (AvgIpc) is 3.12. The fraction of sp³-hybridized carbons (Fsp3) is 0.462. The minimum atomic E-state index is 0.0487. The lowest BCUT2D eigenvalue weighted by Crippen LogP contribution is -2.24. The van der Waals surface area contributed by atoms with Crippen LogP contribution in [0.25, 0.3) is 0 Å². The van der Waals surface area contributed by atoms with Gasteiger partial charge in [0, 0.05) is 6.54 Å². The quantitative estimate of drug-likeness (QED) is 0.752. The molecule has 1 aliphatic rings. The van der Waals surface area contributed by atoms with Crippen LogP contribution in [0.4, 0.5) is 0 Å². The smallest absolute Gasteiger partial charge is 0.224 e. The third-order valence-electron chi connectivity index (χ3n) is 2.50. The highest BCUT2D eigenvalue weighted by Gasteiger charge is 2.22. The summed E-state index contributed by atoms with van der Waals surface area (Å²) < 4.78 is 10.6. The fourth-order valence-electron chi connectivity index (χ4n) is 1.50. The number of carbonyl (C=O) groups is 1. The van der Waals surface area contributed by atoms with E-state index in [0.29, 0.717) is 19.6 Å². The number of ether oxygens (including phenoxy) is 2. The highest BCUT2D eigenvalue weighted by Crippen LogP contribution is 2.16. The summed E-state index contributed by atoms with van der Waals surface area (Å²) in [5, 5.41) is 2.77. The summed E-state index contributed by atoms with van der Waals surface area (Å²) in [6.45, 7) is 3.99. The highest BCUT2D eigenvalue weighted by molar-refractivity contribution is 5.78. The van der Waals surface area contributed by atoms with Gasteiger partial charge in [-0.25, -0.2) is 0 Å². The van der Waals surface area contributed by atoms with Crippen LogP contribution in [0, 0.1) is 0 Å². The molecule has 1 aromatic carbocycles. The normalized spacial score (nSPS) is 17.6. The van der Waals surface area contributed by atoms with Gasteiger partial charge in [-0.2, -0.15) is 0 Å². The number of amides is 1. The average molecular weight is 235 g/mol. The second-order valence-electron chi connectivity index (χ2n) is 4.04. The Morgan fingerprint density at radius 1 is 1.47 bits per heavy atom. The van der Waals surface area contributed by atoms with E-state index in [-0.39, 0.29) is 12.0 Å². The van der Waals surface area contributed by atoms with Gasteiger partial charge in [-0.3, -0.25) is 4.79 Å². The molecule has 1 aliphatic heterocycles. The predicted octanol–water partition coefficient (Wildman–Crippen LogP) is 1.14. The van der Waals surface area contributed by atoms with Crippen molar-refractivity contribution in [3.05, 3.63) is 29.8 Å². The maximum atomic E-state index is 11.4. The summed E-state index contributed by atoms with van der Waals surface area (Å²) in [5.74, 6) is 0.868. The van der Waals surface area contributed by atoms with Crippen molar-refractivity contribution in [3.63, 3.8) is 0 Å². The van der Waals surface area contributed by atoms with Gasteiger partial charge < -0.3 is 14.8 Å². The van der Waals surface area contributed by atoms with Crippen LogP contribution in [0.15, 0.2) is 24.3 Å². The molecule has 1 fully saturated rings. The van der Waals surface area contributed by atoms with Gasteiger partial charge >= 0.3 is 0 Å². The van der Waals surface area contributed by atoms with Crippen molar-refractivity contribution in [3.8, 4) is 5.75 Å². The number of epoxide rings is 1. The lowest BCUT2D eigenvalue weighted by Gasteiger charge is -2.06. The number of rotatable bonds is 6. The number of carbonyl (C=O) groups excluding carboxylic acids is 1. The summed E-state index contributed by atoms with van der Waals surface area (Å²) in [6, 6.07) is 7.60. The number of nitrogens with one attached hydrogen (secondary N) is 1. The molecular weight excluding hydrogens is 218 g/mol. The zero-order valence-corrected chi connectivity index (χ0v) is 9.94. The molecule has 0 saturated carbocycles. The van der Waals surface area contributed by atoms with E-state index >= 15 is 0 Å². The van der Waals surface area contributed by atoms with E-state index in [1.807, 2.05) is 31.2 Å². The first-order valence-corrected chi connectivity index (χ1v) is 5.88. The zero-order chi connectivity index (χ0) is 12.1. The van der Waals surface area contributed by atoms with Crippen LogP contribution in [0.3, 0.4) is 0 Å². The van der Waals surface area contributed by atoms with E-state index in [1.165, 1.54) is 0 Å². The summed E-state index contributed by atoms with van der Waals surface area (Å²) >= 11 is 0. The first kappa shape index (κ1) is 11.9. The SMILES string of the molecule is CCNC(=O)Cc1ccc(OC[C@@H]2CO2)cc1. The van der Waals surface area contributed by atoms with Crippen LogP contribution in [-0.2, 0) is 16.0 Å². The topological polar surface area (TPSA) is 50.9 Å². The van der Waals surface area contributed by atoms with Crippen LogP contribution in [-0.4, -0.2) is 31.8 Å². The Balaban J connectivity index is 1.81. The van der Waals surface area contributed by atoms with Gasteiger partial charge in [-0.15, -0.1) is 0 Å². The first-order chi connectivity index (χ1) is 8.28. The van der Waals surface area contributed by atoms with Crippen molar-refractivity contribution in [2.24, 2.45) is 0 Å². The van der Waals surface area contributed by atoms with Gasteiger partial charge in [0.2, 0.25) is 5.91 Å². The Hall–Kier alpha value is -1.55. The molecule has 1 aromatic rings. The van der Waals surface area contributed by atoms with Gasteiger partial charge in [-0.05, 0) is 24.6 Å². The molecule has 1 heterocycles. The summed E-state index contributed by atoms with van der Waals surface area (Å²) in [7, 11) is 0. The number of likely N-dealkylation sites (N-methyl/N-ethyl adjacent to an activating group) is 1. The van der Waals surface area contributed by atoms with E-state index in [1.54, 1.807) is 0 Å². The van der Waals surface area contributed by atoms with Crippen LogP contribution in [0.5, 0.6) is 5.75 Å². The largest absolute Gasteiger partial charge is 0.491 e. The zero-order valence-electron chi connectivity index (χ0n) is 9.94. The van der Waals surface area contributed by atoms with Gasteiger partial charge in [0.1, 0.15) is 18.5 Å². The van der Waals surface area contributed by atoms with Crippen molar-refractivity contribution in [1.29, 1.82) is 0 Å². The molecule has 1 atom stereocenters. The van der Waals surface area contributed by atoms with E-state index in [0.717, 1.165) is 17.9 Å². The Labute approximate surface area is 101 Å². The van der Waals surface area contributed by atoms with Crippen molar-refractivity contribution in [1.82, 2.24) is 5.32 Å². The standard InChI is InChI=1S/C13H17NO3/c1-2-14-13(15)7-10-3-5-11(6-4-10)16-8-12-9-17-12/h3-6,12H,2,7-9H2,1H3,(H,14,15)/t12-/m1/s1. The molecule has 4 nitrogen and oxygen atoms in total. The van der Waals surface area contributed by atoms with Gasteiger partial charge in [0.25, 0.3) is 0 Å². The molecule has 2 rings (SSSR count). The summed E-state index contributed by atoms with van der Waals surface area (Å²) in [5.41, 5.74) is 0.992. The second-order valence-corrected chi connectivity index (χ2v) is 4.04. The number of hydrogen-bond donors (Lipinski definition) is 1. The lowest BCUT2D eigenvalue weighted by molar-refractivity contribution is -0.120. The minimum absolute atomic E-state index is 0.0487. The van der Waals surface area contributed by atoms with Gasteiger partial charge in [0.05, 0.1) is 13.0 Å². The van der Waals surface area contributed by atoms with Gasteiger partial charge in [0.15, 0.2) is 0 Å². The third-order valence-corrected chi connectivity index (χ3v) is 2.50. The Morgan fingerprint density at radius 3 is 2.76 bits per heavy atom. The molecule has 1 amide bonds. The number of hydrogen-bond acceptors (Lipinski definition) is 3. The molecule has 1 saturated heterocycles. The van der Waals surface area contributed by atoms with E-state index in [9.17, 15) is 4.79 Å². The van der Waals surface area contributed by atoms with Crippen molar-refractivity contribution in [2.75, 3.05) is 19.8 Å². The minimum Gasteiger partial charge on any atom is -0.491 e. The van der Waals surface area contributed by atoms with Crippen LogP contribution in [0.2, 0.25) is 0 Å². The molecule has 0 unspecified atom stereocenters. The van der Waals surface area contributed by atoms with E-state index in [4.69, 9.17) is 9.47 Å². The Morgan fingerprint density at radius 2 is 2.18 bits per heavy atom. The molecular formula is C13H17NO3. The van der Waals surface area contributed by atoms with Crippen LogP contribution < -0.4 is 10.1 Å². The molecule has 0 radical (unpaired) electrons. The van der Waals surface area contributed by atoms with Crippen molar-refractivity contribution in [2.45, 2.75) is 19.4 Å². The van der Waals surface area contributed by atoms with Gasteiger partial charge in [-0.1, -0.05) is 12.1 Å². The Bertz CT molecular complexity index is 371. The molecule has 0 spiro atoms. The molecule has 0 aromatic heterocycles. The lowest BCUT2D eigenvalue weighted by atomic mass is 10.1. The molecule has 1 N–H and O–H groups in total. The van der Waals surface area contributed by atoms with Crippen LogP contribution >= 0.6 is 0 Å². The predicted molar refractivity (Wildman–Crippen MR) is 64.1 cm³/mol. The number of benzene rings is 1. The third kappa shape index (κ3) is 4.07.